The second-order valence-corrected chi connectivity index (χ2v) is 5.74. The Morgan fingerprint density at radius 1 is 1.32 bits per heavy atom. The van der Waals surface area contributed by atoms with Crippen molar-refractivity contribution in [2.24, 2.45) is 0 Å². The monoisotopic (exact) mass is 344 g/mol. The van der Waals surface area contributed by atoms with Gasteiger partial charge < -0.3 is 21.1 Å². The molecule has 2 aromatic rings. The second-order valence-electron chi connectivity index (χ2n) is 5.74. The van der Waals surface area contributed by atoms with E-state index in [2.05, 4.69) is 36.3 Å². The lowest BCUT2D eigenvalue weighted by molar-refractivity contribution is -0.115. The van der Waals surface area contributed by atoms with Crippen LogP contribution in [0.4, 0.5) is 16.7 Å². The summed E-state index contributed by atoms with van der Waals surface area (Å²) in [6.07, 6.45) is 5.18. The molecule has 4 rings (SSSR count). The predicted octanol–water partition coefficient (Wildman–Crippen LogP) is -0.717. The first-order valence-corrected chi connectivity index (χ1v) is 7.85. The number of anilines is 2. The lowest BCUT2D eigenvalue weighted by atomic mass is 10.2. The van der Waals surface area contributed by atoms with Gasteiger partial charge >= 0.3 is 6.03 Å². The van der Waals surface area contributed by atoms with Crippen molar-refractivity contribution in [3.63, 3.8) is 0 Å². The van der Waals surface area contributed by atoms with Crippen molar-refractivity contribution in [2.75, 3.05) is 23.8 Å². The summed E-state index contributed by atoms with van der Waals surface area (Å²) in [7, 11) is 0. The summed E-state index contributed by atoms with van der Waals surface area (Å²) in [6, 6.07) is -0.210. The maximum Gasteiger partial charge on any atom is 0.326 e. The third-order valence-corrected chi connectivity index (χ3v) is 3.72. The molecule has 11 nitrogen and oxygen atoms in total. The Bertz CT molecular complexity index is 886. The molecule has 0 atom stereocenters. The van der Waals surface area contributed by atoms with E-state index in [4.69, 9.17) is 5.11 Å². The maximum atomic E-state index is 11.7. The van der Waals surface area contributed by atoms with Crippen molar-refractivity contribution in [3.05, 3.63) is 17.5 Å². The number of hydrogen-bond acceptors (Lipinski definition) is 8. The van der Waals surface area contributed by atoms with E-state index >= 15 is 0 Å². The summed E-state index contributed by atoms with van der Waals surface area (Å²) in [6.45, 7) is 0.254. The number of rotatable bonds is 6. The number of urea groups is 1. The van der Waals surface area contributed by atoms with Crippen LogP contribution in [-0.4, -0.2) is 55.8 Å². The van der Waals surface area contributed by atoms with Crippen molar-refractivity contribution in [2.45, 2.75) is 18.9 Å². The molecule has 11 heteroatoms. The zero-order valence-corrected chi connectivity index (χ0v) is 13.1. The third-order valence-electron chi connectivity index (χ3n) is 3.72. The highest BCUT2D eigenvalue weighted by Crippen LogP contribution is 2.25. The smallest absolute Gasteiger partial charge is 0.326 e. The molecular weight excluding hydrogens is 328 g/mol. The number of nitrogens with one attached hydrogen (secondary N) is 4. The molecule has 0 radical (unpaired) electrons. The van der Waals surface area contributed by atoms with Crippen LogP contribution in [-0.2, 0) is 4.79 Å². The third kappa shape index (κ3) is 3.08. The van der Waals surface area contributed by atoms with Crippen LogP contribution in [0, 0.1) is 0 Å². The molecular formula is C14H16N8O3. The number of imide groups is 1. The van der Waals surface area contributed by atoms with E-state index in [1.807, 2.05) is 0 Å². The molecule has 2 aromatic heterocycles. The molecule has 130 valence electrons. The van der Waals surface area contributed by atoms with Crippen molar-refractivity contribution in [1.82, 2.24) is 30.2 Å². The molecule has 3 heterocycles. The molecule has 1 saturated heterocycles. The molecule has 1 aliphatic heterocycles. The normalized spacial score (nSPS) is 18.5. The number of aliphatic hydroxyl groups excluding tert-OH is 1. The SMILES string of the molecule is O=C1NC(=O)/C(=C/c2cnn3c(NC4CC4)nc(NCCO)nc23)N1. The van der Waals surface area contributed by atoms with Gasteiger partial charge in [0.1, 0.15) is 5.70 Å². The maximum absolute atomic E-state index is 11.7. The number of hydrogen-bond donors (Lipinski definition) is 5. The average Bonchev–Trinajstić information content (AvgIpc) is 3.22. The largest absolute Gasteiger partial charge is 0.395 e. The molecule has 3 amide bonds. The van der Waals surface area contributed by atoms with E-state index in [0.29, 0.717) is 35.7 Å². The van der Waals surface area contributed by atoms with Gasteiger partial charge in [-0.1, -0.05) is 0 Å². The molecule has 0 aromatic carbocycles. The van der Waals surface area contributed by atoms with E-state index in [1.54, 1.807) is 10.7 Å². The van der Waals surface area contributed by atoms with Gasteiger partial charge in [0.05, 0.1) is 12.8 Å². The molecule has 2 fully saturated rings. The average molecular weight is 344 g/mol. The number of aliphatic hydroxyl groups is 1. The Hall–Kier alpha value is -3.21. The fourth-order valence-corrected chi connectivity index (χ4v) is 2.38. The van der Waals surface area contributed by atoms with E-state index in [-0.39, 0.29) is 12.3 Å². The van der Waals surface area contributed by atoms with Gasteiger partial charge in [-0.25, -0.2) is 4.79 Å². The first-order chi connectivity index (χ1) is 12.1. The van der Waals surface area contributed by atoms with Gasteiger partial charge in [-0.3, -0.25) is 10.1 Å². The van der Waals surface area contributed by atoms with Gasteiger partial charge in [0.15, 0.2) is 5.65 Å². The minimum atomic E-state index is -0.566. The van der Waals surface area contributed by atoms with Crippen LogP contribution < -0.4 is 21.3 Å². The van der Waals surface area contributed by atoms with Crippen LogP contribution in [0.25, 0.3) is 11.7 Å². The highest BCUT2D eigenvalue weighted by molar-refractivity contribution is 6.14. The lowest BCUT2D eigenvalue weighted by Crippen LogP contribution is -2.22. The highest BCUT2D eigenvalue weighted by Gasteiger charge is 2.25. The Balaban J connectivity index is 1.75. The molecule has 5 N–H and O–H groups in total. The molecule has 1 aliphatic carbocycles. The zero-order chi connectivity index (χ0) is 17.4. The van der Waals surface area contributed by atoms with Gasteiger partial charge in [-0.15, -0.1) is 0 Å². The molecule has 2 aliphatic rings. The lowest BCUT2D eigenvalue weighted by Gasteiger charge is -2.09. The van der Waals surface area contributed by atoms with Gasteiger partial charge in [0.25, 0.3) is 5.91 Å². The number of fused-ring (bicyclic) bond motifs is 1. The Morgan fingerprint density at radius 3 is 2.84 bits per heavy atom. The van der Waals surface area contributed by atoms with Gasteiger partial charge in [0, 0.05) is 18.2 Å². The minimum Gasteiger partial charge on any atom is -0.395 e. The summed E-state index contributed by atoms with van der Waals surface area (Å²) < 4.78 is 1.55. The summed E-state index contributed by atoms with van der Waals surface area (Å²) in [4.78, 5) is 31.7. The van der Waals surface area contributed by atoms with Gasteiger partial charge in [-0.05, 0) is 18.9 Å². The Kier molecular flexibility index (Phi) is 3.69. The summed E-state index contributed by atoms with van der Waals surface area (Å²) >= 11 is 0. The van der Waals surface area contributed by atoms with Crippen LogP contribution >= 0.6 is 0 Å². The number of aromatic nitrogens is 4. The number of carbonyl (C=O) groups is 2. The topological polar surface area (TPSA) is 146 Å². The molecule has 25 heavy (non-hydrogen) atoms. The van der Waals surface area contributed by atoms with Crippen LogP contribution in [0.15, 0.2) is 11.9 Å². The molecule has 0 spiro atoms. The molecule has 1 saturated carbocycles. The Morgan fingerprint density at radius 2 is 2.16 bits per heavy atom. The van der Waals surface area contributed by atoms with E-state index in [1.165, 1.54) is 6.08 Å². The number of carbonyl (C=O) groups excluding carboxylic acids is 2. The summed E-state index contributed by atoms with van der Waals surface area (Å²) in [5, 5.41) is 24.0. The van der Waals surface area contributed by atoms with Crippen LogP contribution in [0.2, 0.25) is 0 Å². The number of amides is 3. The van der Waals surface area contributed by atoms with E-state index in [0.717, 1.165) is 12.8 Å². The fraction of sp³-hybridized carbons (Fsp3) is 0.357. The first-order valence-electron chi connectivity index (χ1n) is 7.85. The fourth-order valence-electron chi connectivity index (χ4n) is 2.38. The van der Waals surface area contributed by atoms with E-state index in [9.17, 15) is 9.59 Å². The van der Waals surface area contributed by atoms with Crippen molar-refractivity contribution in [3.8, 4) is 0 Å². The van der Waals surface area contributed by atoms with Crippen molar-refractivity contribution >= 4 is 35.6 Å². The minimum absolute atomic E-state index is 0.0533. The highest BCUT2D eigenvalue weighted by atomic mass is 16.3. The second kappa shape index (κ2) is 6.02. The van der Waals surface area contributed by atoms with Gasteiger partial charge in [-0.2, -0.15) is 19.6 Å². The van der Waals surface area contributed by atoms with Crippen LogP contribution in [0.5, 0.6) is 0 Å². The number of nitrogens with zero attached hydrogens (tertiary/aromatic N) is 4. The molecule has 0 unspecified atom stereocenters. The van der Waals surface area contributed by atoms with Crippen molar-refractivity contribution < 1.29 is 14.7 Å². The quantitative estimate of drug-likeness (QED) is 0.341. The zero-order valence-electron chi connectivity index (χ0n) is 13.1. The summed E-state index contributed by atoms with van der Waals surface area (Å²) in [5.41, 5.74) is 1.15. The molecule has 0 bridgehead atoms. The van der Waals surface area contributed by atoms with Gasteiger partial charge in [0.2, 0.25) is 11.9 Å². The van der Waals surface area contributed by atoms with Crippen molar-refractivity contribution in [1.29, 1.82) is 0 Å². The predicted molar refractivity (Wildman–Crippen MR) is 87.7 cm³/mol. The first kappa shape index (κ1) is 15.3. The van der Waals surface area contributed by atoms with E-state index < -0.39 is 11.9 Å². The standard InChI is InChI=1S/C14H16N8O3/c23-4-3-15-12-19-10-7(5-9-11(24)20-14(25)18-9)6-16-22(10)13(21-12)17-8-1-2-8/h5-6,8,23H,1-4H2,(H2,15,17,19,21)(H2,18,20,24,25)/b9-5-. The van der Waals surface area contributed by atoms with Crippen LogP contribution in [0.1, 0.15) is 18.4 Å². The van der Waals surface area contributed by atoms with Crippen LogP contribution in [0.3, 0.4) is 0 Å². The Labute approximate surface area is 141 Å². The summed E-state index contributed by atoms with van der Waals surface area (Å²) in [5.74, 6) is 0.357.